The van der Waals surface area contributed by atoms with Gasteiger partial charge in [-0.05, 0) is 48.2 Å². The Kier molecular flexibility index (Phi) is 7.68. The maximum absolute atomic E-state index is 13.1. The molecule has 1 amide bonds. The number of halogens is 1. The predicted molar refractivity (Wildman–Crippen MR) is 134 cm³/mol. The molecule has 5 nitrogen and oxygen atoms in total. The maximum atomic E-state index is 13.1. The molecule has 0 radical (unpaired) electrons. The minimum absolute atomic E-state index is 0.0102. The number of rotatable bonds is 7. The van der Waals surface area contributed by atoms with Crippen molar-refractivity contribution >= 4 is 50.3 Å². The number of amides is 1. The lowest BCUT2D eigenvalue weighted by molar-refractivity contribution is -0.127. The molecule has 2 aromatic carbocycles. The summed E-state index contributed by atoms with van der Waals surface area (Å²) < 4.78 is 16.4. The predicted octanol–water partition coefficient (Wildman–Crippen LogP) is 5.07. The summed E-state index contributed by atoms with van der Waals surface area (Å²) in [5.74, 6) is -0.209. The summed E-state index contributed by atoms with van der Waals surface area (Å²) in [7, 11) is 3.17. The summed E-state index contributed by atoms with van der Waals surface area (Å²) in [6.45, 7) is 3.72. The Labute approximate surface area is 195 Å². The van der Waals surface area contributed by atoms with Crippen LogP contribution in [0.3, 0.4) is 0 Å². The second-order valence-corrected chi connectivity index (χ2v) is 9.75. The largest absolute Gasteiger partial charge is 0.337 e. The number of hydrogen-bond donors (Lipinski definition) is 1. The molecule has 8 heteroatoms. The number of pyridine rings is 1. The fraction of sp³-hybridized carbons (Fsp3) is 0.250. The van der Waals surface area contributed by atoms with Crippen LogP contribution in [-0.2, 0) is 11.3 Å². The first-order valence-electron chi connectivity index (χ1n) is 10.4. The van der Waals surface area contributed by atoms with Crippen LogP contribution in [0.1, 0.15) is 11.1 Å². The van der Waals surface area contributed by atoms with Gasteiger partial charge in [0.05, 0.1) is 11.2 Å². The third-order valence-corrected chi connectivity index (χ3v) is 6.64. The average Bonchev–Trinajstić information content (AvgIpc) is 2.82. The SMILES string of the molecule is CSSNc1cc2cccnc2cc1/C=C/C(=O)N1CCN(Cc2ccc(F)cc2)CC1. The lowest BCUT2D eigenvalue weighted by atomic mass is 10.1. The van der Waals surface area contributed by atoms with Crippen LogP contribution in [-0.4, -0.2) is 53.1 Å². The van der Waals surface area contributed by atoms with Gasteiger partial charge in [0.1, 0.15) is 5.82 Å². The monoisotopic (exact) mass is 468 g/mol. The molecular formula is C24H25FN4OS2. The second kappa shape index (κ2) is 10.8. The molecule has 1 saturated heterocycles. The van der Waals surface area contributed by atoms with Gasteiger partial charge < -0.3 is 9.62 Å². The molecule has 1 aromatic heterocycles. The van der Waals surface area contributed by atoms with E-state index in [-0.39, 0.29) is 11.7 Å². The summed E-state index contributed by atoms with van der Waals surface area (Å²) in [6.07, 6.45) is 7.30. The van der Waals surface area contributed by atoms with Crippen molar-refractivity contribution in [2.75, 3.05) is 37.2 Å². The standard InChI is InChI=1S/C24H25FN4OS2/c1-31-32-27-23-16-19-3-2-10-26-22(19)15-20(23)6-9-24(30)29-13-11-28(12-14-29)17-18-4-7-21(25)8-5-18/h2-10,15-16,27H,11-14,17H2,1H3/b9-6+. The fourth-order valence-electron chi connectivity index (χ4n) is 3.69. The molecule has 2 heterocycles. The minimum Gasteiger partial charge on any atom is -0.337 e. The zero-order valence-electron chi connectivity index (χ0n) is 17.8. The quantitative estimate of drug-likeness (QED) is 0.297. The zero-order chi connectivity index (χ0) is 22.3. The van der Waals surface area contributed by atoms with Crippen LogP contribution >= 0.6 is 21.8 Å². The molecule has 4 rings (SSSR count). The number of hydrogen-bond acceptors (Lipinski definition) is 6. The topological polar surface area (TPSA) is 48.5 Å². The molecule has 32 heavy (non-hydrogen) atoms. The van der Waals surface area contributed by atoms with Crippen LogP contribution in [0.2, 0.25) is 0 Å². The first kappa shape index (κ1) is 22.6. The first-order valence-corrected chi connectivity index (χ1v) is 13.0. The van der Waals surface area contributed by atoms with Crippen molar-refractivity contribution < 1.29 is 9.18 Å². The van der Waals surface area contributed by atoms with Gasteiger partial charge in [0.15, 0.2) is 0 Å². The number of aromatic nitrogens is 1. The van der Waals surface area contributed by atoms with E-state index >= 15 is 0 Å². The Morgan fingerprint density at radius 3 is 2.69 bits per heavy atom. The Balaban J connectivity index is 1.39. The summed E-state index contributed by atoms with van der Waals surface area (Å²) in [4.78, 5) is 21.4. The van der Waals surface area contributed by atoms with Gasteiger partial charge >= 0.3 is 0 Å². The molecule has 166 valence electrons. The van der Waals surface area contributed by atoms with Crippen molar-refractivity contribution in [1.82, 2.24) is 14.8 Å². The molecule has 0 saturated carbocycles. The van der Waals surface area contributed by atoms with Gasteiger partial charge in [0, 0.05) is 66.9 Å². The van der Waals surface area contributed by atoms with Gasteiger partial charge in [0.25, 0.3) is 0 Å². The lowest BCUT2D eigenvalue weighted by Gasteiger charge is -2.34. The molecule has 0 atom stereocenters. The molecule has 1 fully saturated rings. The number of fused-ring (bicyclic) bond motifs is 1. The number of nitrogens with one attached hydrogen (secondary N) is 1. The number of carbonyl (C=O) groups is 1. The summed E-state index contributed by atoms with van der Waals surface area (Å²) in [6, 6.07) is 14.6. The number of anilines is 1. The Hall–Kier alpha value is -2.55. The van der Waals surface area contributed by atoms with Crippen molar-refractivity contribution in [1.29, 1.82) is 0 Å². The number of piperazine rings is 1. The maximum Gasteiger partial charge on any atom is 0.246 e. The van der Waals surface area contributed by atoms with Crippen molar-refractivity contribution in [3.8, 4) is 0 Å². The third-order valence-electron chi connectivity index (χ3n) is 5.42. The van der Waals surface area contributed by atoms with Crippen molar-refractivity contribution in [2.24, 2.45) is 0 Å². The van der Waals surface area contributed by atoms with Gasteiger partial charge in [-0.1, -0.05) is 29.0 Å². The average molecular weight is 469 g/mol. The van der Waals surface area contributed by atoms with Crippen molar-refractivity contribution in [2.45, 2.75) is 6.54 Å². The van der Waals surface area contributed by atoms with E-state index < -0.39 is 0 Å². The number of carbonyl (C=O) groups excluding carboxylic acids is 1. The third kappa shape index (κ3) is 5.82. The van der Waals surface area contributed by atoms with Crippen LogP contribution in [0, 0.1) is 5.82 Å². The van der Waals surface area contributed by atoms with Crippen LogP contribution in [0.25, 0.3) is 17.0 Å². The van der Waals surface area contributed by atoms with E-state index in [0.29, 0.717) is 13.1 Å². The highest BCUT2D eigenvalue weighted by Crippen LogP contribution is 2.29. The van der Waals surface area contributed by atoms with Crippen LogP contribution in [0.15, 0.2) is 60.8 Å². The molecule has 0 spiro atoms. The molecule has 0 unspecified atom stereocenters. The van der Waals surface area contributed by atoms with Crippen LogP contribution in [0.4, 0.5) is 10.1 Å². The zero-order valence-corrected chi connectivity index (χ0v) is 19.5. The highest BCUT2D eigenvalue weighted by Gasteiger charge is 2.19. The van der Waals surface area contributed by atoms with Crippen molar-refractivity contribution in [3.63, 3.8) is 0 Å². The summed E-state index contributed by atoms with van der Waals surface area (Å²) >= 11 is 0. The Morgan fingerprint density at radius 1 is 1.16 bits per heavy atom. The molecular weight excluding hydrogens is 443 g/mol. The van der Waals surface area contributed by atoms with E-state index in [1.807, 2.05) is 47.6 Å². The molecule has 0 aliphatic carbocycles. The van der Waals surface area contributed by atoms with E-state index in [1.165, 1.54) is 23.1 Å². The summed E-state index contributed by atoms with van der Waals surface area (Å²) in [5.41, 5.74) is 3.87. The van der Waals surface area contributed by atoms with E-state index in [4.69, 9.17) is 0 Å². The number of nitrogens with zero attached hydrogens (tertiary/aromatic N) is 3. The van der Waals surface area contributed by atoms with Gasteiger partial charge in [-0.2, -0.15) is 0 Å². The molecule has 1 N–H and O–H groups in total. The van der Waals surface area contributed by atoms with E-state index in [2.05, 4.69) is 20.7 Å². The number of benzene rings is 2. The summed E-state index contributed by atoms with van der Waals surface area (Å²) in [5, 5.41) is 1.05. The highest BCUT2D eigenvalue weighted by atomic mass is 33.1. The normalized spacial score (nSPS) is 14.9. The van der Waals surface area contributed by atoms with Crippen LogP contribution < -0.4 is 4.72 Å². The minimum atomic E-state index is -0.219. The lowest BCUT2D eigenvalue weighted by Crippen LogP contribution is -2.47. The molecule has 1 aliphatic rings. The second-order valence-electron chi connectivity index (χ2n) is 7.55. The molecule has 3 aromatic rings. The Bertz CT molecular complexity index is 1100. The van der Waals surface area contributed by atoms with E-state index in [9.17, 15) is 9.18 Å². The van der Waals surface area contributed by atoms with Gasteiger partial charge in [0.2, 0.25) is 5.91 Å². The molecule has 1 aliphatic heterocycles. The smallest absolute Gasteiger partial charge is 0.246 e. The molecule has 0 bridgehead atoms. The van der Waals surface area contributed by atoms with E-state index in [1.54, 1.807) is 23.1 Å². The van der Waals surface area contributed by atoms with Gasteiger partial charge in [-0.25, -0.2) is 4.39 Å². The highest BCUT2D eigenvalue weighted by molar-refractivity contribution is 8.76. The van der Waals surface area contributed by atoms with Crippen molar-refractivity contribution in [3.05, 3.63) is 77.7 Å². The Morgan fingerprint density at radius 2 is 1.94 bits per heavy atom. The first-order chi connectivity index (χ1) is 15.6. The van der Waals surface area contributed by atoms with E-state index in [0.717, 1.165) is 47.4 Å². The van der Waals surface area contributed by atoms with Gasteiger partial charge in [-0.3, -0.25) is 14.7 Å². The fourth-order valence-corrected chi connectivity index (χ4v) is 4.56. The van der Waals surface area contributed by atoms with Gasteiger partial charge in [-0.15, -0.1) is 0 Å². The van der Waals surface area contributed by atoms with Crippen LogP contribution in [0.5, 0.6) is 0 Å².